The van der Waals surface area contributed by atoms with E-state index in [-0.39, 0.29) is 17.6 Å². The van der Waals surface area contributed by atoms with Gasteiger partial charge in [0.1, 0.15) is 11.2 Å². The van der Waals surface area contributed by atoms with E-state index in [1.807, 2.05) is 11.8 Å². The molecular formula is C18H20ClNO4. The van der Waals surface area contributed by atoms with E-state index in [2.05, 4.69) is 0 Å². The Morgan fingerprint density at radius 2 is 2.25 bits per heavy atom. The Labute approximate surface area is 145 Å². The van der Waals surface area contributed by atoms with Gasteiger partial charge in [-0.3, -0.25) is 4.79 Å². The van der Waals surface area contributed by atoms with Gasteiger partial charge < -0.3 is 18.8 Å². The molecule has 2 atom stereocenters. The van der Waals surface area contributed by atoms with Gasteiger partial charge in [-0.25, -0.2) is 0 Å². The van der Waals surface area contributed by atoms with E-state index in [4.69, 9.17) is 25.5 Å². The van der Waals surface area contributed by atoms with E-state index in [0.717, 1.165) is 24.8 Å². The largest absolute Gasteiger partial charge is 0.451 e. The highest BCUT2D eigenvalue weighted by Crippen LogP contribution is 2.31. The Morgan fingerprint density at radius 1 is 1.38 bits per heavy atom. The average molecular weight is 350 g/mol. The minimum Gasteiger partial charge on any atom is -0.451 e. The molecule has 2 aliphatic rings. The Balaban J connectivity index is 1.59. The molecule has 24 heavy (non-hydrogen) atoms. The zero-order valence-corrected chi connectivity index (χ0v) is 14.3. The number of hydrogen-bond acceptors (Lipinski definition) is 4. The molecule has 2 aromatic rings. The number of fused-ring (bicyclic) bond motifs is 1. The lowest BCUT2D eigenvalue weighted by Gasteiger charge is -2.46. The van der Waals surface area contributed by atoms with Crippen molar-refractivity contribution in [2.24, 2.45) is 0 Å². The fraction of sp³-hybridized carbons (Fsp3) is 0.500. The van der Waals surface area contributed by atoms with Crippen LogP contribution >= 0.6 is 11.6 Å². The lowest BCUT2D eigenvalue weighted by Crippen LogP contribution is -2.59. The zero-order valence-electron chi connectivity index (χ0n) is 13.6. The molecule has 0 aliphatic carbocycles. The fourth-order valence-corrected chi connectivity index (χ4v) is 3.88. The van der Waals surface area contributed by atoms with Crippen molar-refractivity contribution < 1.29 is 18.7 Å². The number of benzene rings is 1. The monoisotopic (exact) mass is 349 g/mol. The molecule has 0 N–H and O–H groups in total. The van der Waals surface area contributed by atoms with Gasteiger partial charge in [-0.1, -0.05) is 11.6 Å². The van der Waals surface area contributed by atoms with Gasteiger partial charge in [-0.05, 0) is 44.0 Å². The first-order valence-electron chi connectivity index (χ1n) is 8.29. The predicted octanol–water partition coefficient (Wildman–Crippen LogP) is 3.50. The summed E-state index contributed by atoms with van der Waals surface area (Å²) in [6.07, 6.45) is 1.84. The summed E-state index contributed by atoms with van der Waals surface area (Å²) in [6, 6.07) is 7.10. The lowest BCUT2D eigenvalue weighted by molar-refractivity contribution is -0.188. The predicted molar refractivity (Wildman–Crippen MR) is 90.5 cm³/mol. The van der Waals surface area contributed by atoms with Gasteiger partial charge in [-0.15, -0.1) is 0 Å². The van der Waals surface area contributed by atoms with Crippen molar-refractivity contribution >= 4 is 28.5 Å². The molecule has 0 radical (unpaired) electrons. The summed E-state index contributed by atoms with van der Waals surface area (Å²) >= 11 is 6.01. The molecule has 2 aliphatic heterocycles. The summed E-state index contributed by atoms with van der Waals surface area (Å²) < 4.78 is 17.5. The number of morpholine rings is 1. The summed E-state index contributed by atoms with van der Waals surface area (Å²) in [4.78, 5) is 14.8. The van der Waals surface area contributed by atoms with Crippen molar-refractivity contribution in [3.63, 3.8) is 0 Å². The van der Waals surface area contributed by atoms with E-state index in [9.17, 15) is 4.79 Å². The van der Waals surface area contributed by atoms with Crippen LogP contribution in [-0.2, 0) is 9.47 Å². The van der Waals surface area contributed by atoms with Gasteiger partial charge in [0, 0.05) is 23.6 Å². The number of nitrogens with zero attached hydrogens (tertiary/aromatic N) is 1. The average Bonchev–Trinajstić information content (AvgIpc) is 2.97. The van der Waals surface area contributed by atoms with Crippen molar-refractivity contribution in [3.05, 3.63) is 35.0 Å². The molecule has 6 heteroatoms. The fourth-order valence-electron chi connectivity index (χ4n) is 3.70. The quantitative estimate of drug-likeness (QED) is 0.790. The molecule has 0 unspecified atom stereocenters. The van der Waals surface area contributed by atoms with Crippen LogP contribution in [0.3, 0.4) is 0 Å². The second-order valence-electron chi connectivity index (χ2n) is 6.75. The van der Waals surface area contributed by atoms with Gasteiger partial charge in [0.2, 0.25) is 0 Å². The number of halogens is 1. The highest BCUT2D eigenvalue weighted by molar-refractivity contribution is 6.31. The van der Waals surface area contributed by atoms with Crippen LogP contribution in [0.5, 0.6) is 0 Å². The summed E-state index contributed by atoms with van der Waals surface area (Å²) in [5.41, 5.74) is 0.278. The topological polar surface area (TPSA) is 51.9 Å². The van der Waals surface area contributed by atoms with Crippen LogP contribution in [0.4, 0.5) is 0 Å². The third-order valence-corrected chi connectivity index (χ3v) is 4.91. The zero-order chi connectivity index (χ0) is 16.7. The maximum Gasteiger partial charge on any atom is 0.289 e. The normalized spacial score (nSPS) is 27.8. The molecule has 0 saturated carbocycles. The van der Waals surface area contributed by atoms with Crippen molar-refractivity contribution in [2.75, 3.05) is 26.3 Å². The molecule has 2 saturated heterocycles. The number of hydrogen-bond donors (Lipinski definition) is 0. The minimum atomic E-state index is -0.388. The molecule has 4 rings (SSSR count). The summed E-state index contributed by atoms with van der Waals surface area (Å²) in [6.45, 7) is 4.38. The molecular weight excluding hydrogens is 330 g/mol. The first-order valence-corrected chi connectivity index (χ1v) is 8.66. The second kappa shape index (κ2) is 6.06. The second-order valence-corrected chi connectivity index (χ2v) is 7.18. The highest BCUT2D eigenvalue weighted by atomic mass is 35.5. The van der Waals surface area contributed by atoms with Gasteiger partial charge in [0.15, 0.2) is 5.76 Å². The van der Waals surface area contributed by atoms with Crippen LogP contribution in [0.1, 0.15) is 30.3 Å². The molecule has 1 spiro atoms. The molecule has 1 aromatic carbocycles. The number of carbonyl (C=O) groups excluding carboxylic acids is 1. The summed E-state index contributed by atoms with van der Waals surface area (Å²) in [7, 11) is 0. The molecule has 0 bridgehead atoms. The van der Waals surface area contributed by atoms with E-state index >= 15 is 0 Å². The van der Waals surface area contributed by atoms with Gasteiger partial charge in [0.25, 0.3) is 5.91 Å². The van der Waals surface area contributed by atoms with Crippen LogP contribution in [0.15, 0.2) is 28.7 Å². The summed E-state index contributed by atoms with van der Waals surface area (Å²) in [5, 5.41) is 1.46. The van der Waals surface area contributed by atoms with E-state index < -0.39 is 0 Å². The molecule has 1 aromatic heterocycles. The minimum absolute atomic E-state index is 0.0248. The molecule has 3 heterocycles. The Bertz CT molecular complexity index is 765. The molecule has 128 valence electrons. The van der Waals surface area contributed by atoms with Crippen molar-refractivity contribution in [1.82, 2.24) is 4.90 Å². The van der Waals surface area contributed by atoms with Crippen LogP contribution in [0, 0.1) is 0 Å². The number of furan rings is 1. The van der Waals surface area contributed by atoms with Crippen molar-refractivity contribution in [3.8, 4) is 0 Å². The number of carbonyl (C=O) groups is 1. The number of rotatable bonds is 1. The van der Waals surface area contributed by atoms with Gasteiger partial charge in [0.05, 0.1) is 19.3 Å². The third-order valence-electron chi connectivity index (χ3n) is 4.67. The number of amides is 1. The maximum atomic E-state index is 12.9. The standard InChI is InChI=1S/C18H20ClNO4/c1-12-9-20(10-18(24-12)5-2-6-22-11-18)17(21)16-8-13-7-14(19)3-4-15(13)23-16/h3-4,7-8,12H,2,5-6,9-11H2,1H3/t12-,18+/m0/s1. The molecule has 5 nitrogen and oxygen atoms in total. The van der Waals surface area contributed by atoms with Crippen LogP contribution in [0.2, 0.25) is 5.02 Å². The smallest absolute Gasteiger partial charge is 0.289 e. The van der Waals surface area contributed by atoms with Gasteiger partial charge in [-0.2, -0.15) is 0 Å². The third kappa shape index (κ3) is 2.92. The van der Waals surface area contributed by atoms with Crippen LogP contribution in [0.25, 0.3) is 11.0 Å². The van der Waals surface area contributed by atoms with E-state index in [1.54, 1.807) is 24.3 Å². The highest BCUT2D eigenvalue weighted by Gasteiger charge is 2.43. The SMILES string of the molecule is C[C@H]1CN(C(=O)c2cc3cc(Cl)ccc3o2)C[C@@]2(CCCOC2)O1. The molecule has 1 amide bonds. The Kier molecular flexibility index (Phi) is 4.03. The van der Waals surface area contributed by atoms with Crippen LogP contribution < -0.4 is 0 Å². The Hall–Kier alpha value is -1.56. The van der Waals surface area contributed by atoms with Crippen molar-refractivity contribution in [2.45, 2.75) is 31.5 Å². The molecule has 2 fully saturated rings. The summed E-state index contributed by atoms with van der Waals surface area (Å²) in [5.74, 6) is 0.232. The first-order chi connectivity index (χ1) is 11.5. The van der Waals surface area contributed by atoms with Crippen LogP contribution in [-0.4, -0.2) is 48.8 Å². The maximum absolute atomic E-state index is 12.9. The lowest BCUT2D eigenvalue weighted by atomic mass is 9.93. The Morgan fingerprint density at radius 3 is 3.04 bits per heavy atom. The van der Waals surface area contributed by atoms with E-state index in [0.29, 0.717) is 36.1 Å². The number of ether oxygens (including phenoxy) is 2. The van der Waals surface area contributed by atoms with E-state index in [1.165, 1.54) is 0 Å². The first kappa shape index (κ1) is 15.9. The van der Waals surface area contributed by atoms with Gasteiger partial charge >= 0.3 is 0 Å². The van der Waals surface area contributed by atoms with Crippen molar-refractivity contribution in [1.29, 1.82) is 0 Å².